The maximum Gasteiger partial charge on any atom is 0.272 e. The lowest BCUT2D eigenvalue weighted by atomic mass is 10.1. The first-order chi connectivity index (χ1) is 19.8. The minimum Gasteiger partial charge on any atom is -0.324 e. The number of benzene rings is 4. The first-order valence-electron chi connectivity index (χ1n) is 13.1. The van der Waals surface area contributed by atoms with Crippen molar-refractivity contribution in [3.8, 4) is 0 Å². The van der Waals surface area contributed by atoms with Gasteiger partial charge in [-0.2, -0.15) is 0 Å². The van der Waals surface area contributed by atoms with Crippen molar-refractivity contribution in [2.45, 2.75) is 30.4 Å². The van der Waals surface area contributed by atoms with E-state index in [0.29, 0.717) is 23.4 Å². The molecule has 3 amide bonds. The van der Waals surface area contributed by atoms with Gasteiger partial charge in [-0.3, -0.25) is 14.4 Å². The minimum absolute atomic E-state index is 0.106. The highest BCUT2D eigenvalue weighted by atomic mass is 79.9. The Balaban J connectivity index is 1.50. The molecule has 6 nitrogen and oxygen atoms in total. The number of nitrogens with one attached hydrogen (secondary N) is 3. The maximum atomic E-state index is 13.4. The number of carbonyl (C=O) groups excluding carboxylic acids is 3. The van der Waals surface area contributed by atoms with Crippen LogP contribution in [0.5, 0.6) is 0 Å². The molecule has 1 unspecified atom stereocenters. The van der Waals surface area contributed by atoms with E-state index < -0.39 is 5.91 Å². The third kappa shape index (κ3) is 8.67. The van der Waals surface area contributed by atoms with E-state index >= 15 is 0 Å². The van der Waals surface area contributed by atoms with E-state index in [2.05, 4.69) is 31.9 Å². The molecule has 0 spiro atoms. The van der Waals surface area contributed by atoms with Crippen molar-refractivity contribution < 1.29 is 14.4 Å². The number of anilines is 2. The van der Waals surface area contributed by atoms with E-state index in [1.165, 1.54) is 11.8 Å². The first-order valence-corrected chi connectivity index (χ1v) is 14.8. The molecule has 0 saturated carbocycles. The predicted molar refractivity (Wildman–Crippen MR) is 171 cm³/mol. The Hall–Kier alpha value is -4.14. The Morgan fingerprint density at radius 2 is 1.59 bits per heavy atom. The van der Waals surface area contributed by atoms with Crippen LogP contribution in [0.1, 0.15) is 34.8 Å². The highest BCUT2D eigenvalue weighted by molar-refractivity contribution is 9.10. The van der Waals surface area contributed by atoms with Crippen LogP contribution in [0.4, 0.5) is 11.4 Å². The SMILES string of the molecule is CCC(Sc1cccc(NC(=O)/C(=C\c2cccc(C)c2)NC(=O)c2ccccc2)c1)C(=O)Nc1ccccc1Br. The molecule has 8 heteroatoms. The number of para-hydroxylation sites is 1. The van der Waals surface area contributed by atoms with E-state index in [9.17, 15) is 14.4 Å². The van der Waals surface area contributed by atoms with Crippen LogP contribution < -0.4 is 16.0 Å². The standard InChI is InChI=1S/C33H30BrN3O3S/c1-3-30(33(40)36-28-18-8-7-17-27(28)34)41-26-16-10-15-25(21-26)35-32(39)29(20-23-12-9-11-22(2)19-23)37-31(38)24-13-5-4-6-14-24/h4-21,30H,3H2,1-2H3,(H,35,39)(H,36,40)(H,37,38)/b29-20+. The molecule has 41 heavy (non-hydrogen) atoms. The zero-order chi connectivity index (χ0) is 29.2. The predicted octanol–water partition coefficient (Wildman–Crippen LogP) is 7.68. The Morgan fingerprint density at radius 3 is 2.32 bits per heavy atom. The van der Waals surface area contributed by atoms with Gasteiger partial charge in [-0.1, -0.05) is 73.2 Å². The molecule has 0 aliphatic carbocycles. The molecule has 208 valence electrons. The second kappa shape index (κ2) is 14.5. The van der Waals surface area contributed by atoms with Gasteiger partial charge < -0.3 is 16.0 Å². The van der Waals surface area contributed by atoms with Crippen molar-refractivity contribution in [3.63, 3.8) is 0 Å². The van der Waals surface area contributed by atoms with Gasteiger partial charge in [0.05, 0.1) is 10.9 Å². The van der Waals surface area contributed by atoms with E-state index in [1.54, 1.807) is 36.4 Å². The highest BCUT2D eigenvalue weighted by Gasteiger charge is 2.20. The fourth-order valence-electron chi connectivity index (χ4n) is 3.98. The Kier molecular flexibility index (Phi) is 10.5. The lowest BCUT2D eigenvalue weighted by molar-refractivity contribution is -0.116. The number of aryl methyl sites for hydroxylation is 1. The summed E-state index contributed by atoms with van der Waals surface area (Å²) in [6.07, 6.45) is 2.27. The van der Waals surface area contributed by atoms with Gasteiger partial charge in [0.2, 0.25) is 5.91 Å². The summed E-state index contributed by atoms with van der Waals surface area (Å²) in [5.41, 5.74) is 3.64. The maximum absolute atomic E-state index is 13.4. The molecule has 0 aliphatic heterocycles. The number of amides is 3. The number of hydrogen-bond donors (Lipinski definition) is 3. The number of rotatable bonds is 10. The van der Waals surface area contributed by atoms with Gasteiger partial charge >= 0.3 is 0 Å². The molecule has 0 radical (unpaired) electrons. The molecule has 0 bridgehead atoms. The zero-order valence-corrected chi connectivity index (χ0v) is 25.1. The summed E-state index contributed by atoms with van der Waals surface area (Å²) in [6, 6.07) is 31.2. The lowest BCUT2D eigenvalue weighted by Gasteiger charge is -2.16. The van der Waals surface area contributed by atoms with E-state index in [4.69, 9.17) is 0 Å². The summed E-state index contributed by atoms with van der Waals surface area (Å²) in [7, 11) is 0. The summed E-state index contributed by atoms with van der Waals surface area (Å²) in [6.45, 7) is 3.92. The summed E-state index contributed by atoms with van der Waals surface area (Å²) in [5.74, 6) is -0.951. The molecule has 1 atom stereocenters. The molecule has 4 aromatic carbocycles. The molecular formula is C33H30BrN3O3S. The van der Waals surface area contributed by atoms with Crippen LogP contribution in [0.2, 0.25) is 0 Å². The van der Waals surface area contributed by atoms with Crippen LogP contribution in [-0.4, -0.2) is 23.0 Å². The van der Waals surface area contributed by atoms with Crippen molar-refractivity contribution in [3.05, 3.63) is 130 Å². The third-order valence-electron chi connectivity index (χ3n) is 6.05. The molecular weight excluding hydrogens is 598 g/mol. The van der Waals surface area contributed by atoms with Crippen molar-refractivity contribution in [2.75, 3.05) is 10.6 Å². The number of thioether (sulfide) groups is 1. The van der Waals surface area contributed by atoms with Crippen LogP contribution in [-0.2, 0) is 9.59 Å². The fourth-order valence-corrected chi connectivity index (χ4v) is 5.37. The average Bonchev–Trinajstić information content (AvgIpc) is 2.97. The Labute approximate surface area is 252 Å². The summed E-state index contributed by atoms with van der Waals surface area (Å²) >= 11 is 4.89. The molecule has 0 fully saturated rings. The quantitative estimate of drug-likeness (QED) is 0.124. The lowest BCUT2D eigenvalue weighted by Crippen LogP contribution is -2.30. The molecule has 0 heterocycles. The fraction of sp³-hybridized carbons (Fsp3) is 0.121. The molecule has 3 N–H and O–H groups in total. The van der Waals surface area contributed by atoms with Crippen LogP contribution >= 0.6 is 27.7 Å². The van der Waals surface area contributed by atoms with E-state index in [1.807, 2.05) is 86.6 Å². The summed E-state index contributed by atoms with van der Waals surface area (Å²) in [4.78, 5) is 40.2. The molecule has 0 aromatic heterocycles. The van der Waals surface area contributed by atoms with Gasteiger partial charge in [-0.15, -0.1) is 11.8 Å². The normalized spacial score (nSPS) is 11.8. The van der Waals surface area contributed by atoms with Crippen molar-refractivity contribution in [2.24, 2.45) is 0 Å². The average molecular weight is 629 g/mol. The van der Waals surface area contributed by atoms with E-state index in [0.717, 1.165) is 20.5 Å². The van der Waals surface area contributed by atoms with Crippen molar-refractivity contribution in [1.29, 1.82) is 0 Å². The van der Waals surface area contributed by atoms with Gasteiger partial charge in [0.15, 0.2) is 0 Å². The molecule has 0 aliphatic rings. The van der Waals surface area contributed by atoms with Crippen molar-refractivity contribution >= 4 is 62.9 Å². The smallest absolute Gasteiger partial charge is 0.272 e. The van der Waals surface area contributed by atoms with Crippen LogP contribution in [0, 0.1) is 6.92 Å². The van der Waals surface area contributed by atoms with Gasteiger partial charge in [0.1, 0.15) is 5.70 Å². The summed E-state index contributed by atoms with van der Waals surface area (Å²) in [5, 5.41) is 8.31. The first kappa shape index (κ1) is 29.8. The van der Waals surface area contributed by atoms with Crippen molar-refractivity contribution in [1.82, 2.24) is 5.32 Å². The van der Waals surface area contributed by atoms with Crippen LogP contribution in [0.15, 0.2) is 118 Å². The van der Waals surface area contributed by atoms with Crippen LogP contribution in [0.3, 0.4) is 0 Å². The number of carbonyl (C=O) groups is 3. The second-order valence-electron chi connectivity index (χ2n) is 9.26. The minimum atomic E-state index is -0.461. The van der Waals surface area contributed by atoms with Gasteiger partial charge in [0, 0.05) is 20.6 Å². The van der Waals surface area contributed by atoms with E-state index in [-0.39, 0.29) is 22.8 Å². The highest BCUT2D eigenvalue weighted by Crippen LogP contribution is 2.30. The third-order valence-corrected chi connectivity index (χ3v) is 8.10. The molecule has 0 saturated heterocycles. The second-order valence-corrected chi connectivity index (χ2v) is 11.4. The molecule has 4 rings (SSSR count). The monoisotopic (exact) mass is 627 g/mol. The number of hydrogen-bond acceptors (Lipinski definition) is 4. The Morgan fingerprint density at radius 1 is 0.854 bits per heavy atom. The number of halogens is 1. The Bertz CT molecular complexity index is 1570. The van der Waals surface area contributed by atoms with Crippen LogP contribution in [0.25, 0.3) is 6.08 Å². The van der Waals surface area contributed by atoms with Gasteiger partial charge in [-0.25, -0.2) is 0 Å². The topological polar surface area (TPSA) is 87.3 Å². The molecule has 4 aromatic rings. The zero-order valence-electron chi connectivity index (χ0n) is 22.7. The van der Waals surface area contributed by atoms with Gasteiger partial charge in [0.25, 0.3) is 11.8 Å². The largest absolute Gasteiger partial charge is 0.324 e. The van der Waals surface area contributed by atoms with Gasteiger partial charge in [-0.05, 0) is 83.4 Å². The summed E-state index contributed by atoms with van der Waals surface area (Å²) < 4.78 is 0.812.